The molecule has 2 aromatic rings. The molecule has 2 N–H and O–H groups in total. The minimum absolute atomic E-state index is 0.0468. The van der Waals surface area contributed by atoms with Crippen molar-refractivity contribution >= 4 is 11.6 Å². The first-order valence-electron chi connectivity index (χ1n) is 5.61. The summed E-state index contributed by atoms with van der Waals surface area (Å²) in [6, 6.07) is 4.47. The molecule has 0 unspecified atom stereocenters. The van der Waals surface area contributed by atoms with Crippen molar-refractivity contribution in [3.8, 4) is 11.6 Å². The second kappa shape index (κ2) is 5.08. The lowest BCUT2D eigenvalue weighted by molar-refractivity contribution is -0.386. The molecule has 1 aromatic carbocycles. The molecule has 20 heavy (non-hydrogen) atoms. The highest BCUT2D eigenvalue weighted by Gasteiger charge is 2.24. The number of benzene rings is 1. The number of anilines is 1. The standard InChI is InChI=1S/C12H11FN4O3/c1-6-4-3-5-8(9(6)13)20-11-10(17(18)19)7(2)15-12(14)16-11/h3-5H,1-2H3,(H2,14,15,16). The van der Waals surface area contributed by atoms with Gasteiger partial charge in [0, 0.05) is 0 Å². The Morgan fingerprint density at radius 1 is 1.35 bits per heavy atom. The van der Waals surface area contributed by atoms with Gasteiger partial charge in [0.2, 0.25) is 5.95 Å². The lowest BCUT2D eigenvalue weighted by Gasteiger charge is -2.08. The molecule has 1 heterocycles. The number of hydrogen-bond donors (Lipinski definition) is 1. The van der Waals surface area contributed by atoms with Gasteiger partial charge in [-0.25, -0.2) is 9.37 Å². The first-order chi connectivity index (χ1) is 9.40. The van der Waals surface area contributed by atoms with E-state index in [1.165, 1.54) is 13.0 Å². The molecule has 0 atom stereocenters. The van der Waals surface area contributed by atoms with E-state index in [-0.39, 0.29) is 23.3 Å². The van der Waals surface area contributed by atoms with Crippen molar-refractivity contribution < 1.29 is 14.1 Å². The van der Waals surface area contributed by atoms with Crippen LogP contribution < -0.4 is 10.5 Å². The zero-order valence-electron chi connectivity index (χ0n) is 10.8. The second-order valence-corrected chi connectivity index (χ2v) is 4.07. The molecule has 0 aliphatic heterocycles. The molecule has 0 saturated heterocycles. The maximum atomic E-state index is 13.9. The van der Waals surface area contributed by atoms with E-state index in [9.17, 15) is 14.5 Å². The Kier molecular flexibility index (Phi) is 3.47. The van der Waals surface area contributed by atoms with E-state index in [2.05, 4.69) is 9.97 Å². The SMILES string of the molecule is Cc1cccc(Oc2nc(N)nc(C)c2[N+](=O)[O-])c1F. The minimum Gasteiger partial charge on any atom is -0.430 e. The van der Waals surface area contributed by atoms with E-state index in [1.807, 2.05) is 0 Å². The molecule has 0 amide bonds. The first kappa shape index (κ1) is 13.7. The summed E-state index contributed by atoms with van der Waals surface area (Å²) in [5, 5.41) is 11.0. The molecule has 0 saturated carbocycles. The Hall–Kier alpha value is -2.77. The number of aryl methyl sites for hydroxylation is 2. The average molecular weight is 278 g/mol. The van der Waals surface area contributed by atoms with Crippen LogP contribution in [-0.2, 0) is 0 Å². The van der Waals surface area contributed by atoms with E-state index >= 15 is 0 Å². The fourth-order valence-electron chi connectivity index (χ4n) is 1.65. The Bertz CT molecular complexity index is 691. The number of ether oxygens (including phenoxy) is 1. The van der Waals surface area contributed by atoms with Crippen molar-refractivity contribution in [1.29, 1.82) is 0 Å². The van der Waals surface area contributed by atoms with Crippen molar-refractivity contribution in [2.45, 2.75) is 13.8 Å². The van der Waals surface area contributed by atoms with Crippen LogP contribution in [0.2, 0.25) is 0 Å². The molecule has 7 nitrogen and oxygen atoms in total. The van der Waals surface area contributed by atoms with Crippen molar-refractivity contribution in [3.05, 3.63) is 45.4 Å². The predicted octanol–water partition coefficient (Wildman–Crippen LogP) is 2.52. The van der Waals surface area contributed by atoms with Crippen LogP contribution >= 0.6 is 0 Å². The highest BCUT2D eigenvalue weighted by Crippen LogP contribution is 2.33. The predicted molar refractivity (Wildman–Crippen MR) is 69.0 cm³/mol. The topological polar surface area (TPSA) is 104 Å². The number of aromatic nitrogens is 2. The molecular formula is C12H11FN4O3. The molecule has 104 valence electrons. The van der Waals surface area contributed by atoms with Gasteiger partial charge in [-0.05, 0) is 25.5 Å². The molecule has 2 rings (SSSR count). The average Bonchev–Trinajstić information content (AvgIpc) is 2.33. The van der Waals surface area contributed by atoms with E-state index in [1.54, 1.807) is 19.1 Å². The van der Waals surface area contributed by atoms with Gasteiger partial charge in [-0.15, -0.1) is 0 Å². The normalized spacial score (nSPS) is 10.3. The Balaban J connectivity index is 2.53. The van der Waals surface area contributed by atoms with Crippen molar-refractivity contribution in [1.82, 2.24) is 9.97 Å². The van der Waals surface area contributed by atoms with Gasteiger partial charge >= 0.3 is 11.6 Å². The quantitative estimate of drug-likeness (QED) is 0.683. The van der Waals surface area contributed by atoms with Gasteiger partial charge in [-0.1, -0.05) is 12.1 Å². The minimum atomic E-state index is -0.697. The van der Waals surface area contributed by atoms with Gasteiger partial charge in [-0.3, -0.25) is 10.1 Å². The number of hydrogen-bond acceptors (Lipinski definition) is 6. The van der Waals surface area contributed by atoms with Crippen LogP contribution in [-0.4, -0.2) is 14.9 Å². The first-order valence-corrected chi connectivity index (χ1v) is 5.61. The van der Waals surface area contributed by atoms with Crippen molar-refractivity contribution in [2.24, 2.45) is 0 Å². The van der Waals surface area contributed by atoms with Gasteiger partial charge < -0.3 is 10.5 Å². The van der Waals surface area contributed by atoms with Crippen LogP contribution in [0.5, 0.6) is 11.6 Å². The van der Waals surface area contributed by atoms with Crippen LogP contribution in [0.15, 0.2) is 18.2 Å². The second-order valence-electron chi connectivity index (χ2n) is 4.07. The molecular weight excluding hydrogens is 267 g/mol. The zero-order valence-corrected chi connectivity index (χ0v) is 10.8. The molecule has 0 bridgehead atoms. The Morgan fingerprint density at radius 3 is 2.70 bits per heavy atom. The molecule has 8 heteroatoms. The summed E-state index contributed by atoms with van der Waals surface area (Å²) in [4.78, 5) is 17.7. The van der Waals surface area contributed by atoms with Crippen LogP contribution in [0.4, 0.5) is 16.0 Å². The molecule has 1 aromatic heterocycles. The summed E-state index contributed by atoms with van der Waals surface area (Å²) in [5.74, 6) is -1.34. The lowest BCUT2D eigenvalue weighted by Crippen LogP contribution is -2.05. The Morgan fingerprint density at radius 2 is 2.05 bits per heavy atom. The maximum Gasteiger partial charge on any atom is 0.352 e. The molecule has 0 fully saturated rings. The monoisotopic (exact) mass is 278 g/mol. The third-order valence-corrected chi connectivity index (χ3v) is 2.59. The molecule has 0 aliphatic rings. The number of rotatable bonds is 3. The molecule has 0 spiro atoms. The third-order valence-electron chi connectivity index (χ3n) is 2.59. The Labute approximate surface area is 113 Å². The van der Waals surface area contributed by atoms with E-state index in [0.29, 0.717) is 5.56 Å². The fourth-order valence-corrected chi connectivity index (χ4v) is 1.65. The smallest absolute Gasteiger partial charge is 0.352 e. The summed E-state index contributed by atoms with van der Waals surface area (Å²) >= 11 is 0. The van der Waals surface area contributed by atoms with E-state index in [0.717, 1.165) is 0 Å². The largest absolute Gasteiger partial charge is 0.430 e. The highest BCUT2D eigenvalue weighted by molar-refractivity contribution is 5.49. The fraction of sp³-hybridized carbons (Fsp3) is 0.167. The van der Waals surface area contributed by atoms with Crippen LogP contribution in [0.1, 0.15) is 11.3 Å². The number of nitrogens with two attached hydrogens (primary N) is 1. The summed E-state index contributed by atoms with van der Waals surface area (Å²) in [6.07, 6.45) is 0. The van der Waals surface area contributed by atoms with Crippen molar-refractivity contribution in [3.63, 3.8) is 0 Å². The number of nitrogen functional groups attached to an aromatic ring is 1. The third kappa shape index (κ3) is 2.48. The van der Waals surface area contributed by atoms with Crippen LogP contribution in [0.3, 0.4) is 0 Å². The molecule has 0 radical (unpaired) electrons. The van der Waals surface area contributed by atoms with Crippen molar-refractivity contribution in [2.75, 3.05) is 5.73 Å². The summed E-state index contributed by atoms with van der Waals surface area (Å²) in [5.41, 5.74) is 5.38. The maximum absolute atomic E-state index is 13.9. The van der Waals surface area contributed by atoms with Gasteiger partial charge in [0.15, 0.2) is 11.6 Å². The van der Waals surface area contributed by atoms with Crippen LogP contribution in [0.25, 0.3) is 0 Å². The zero-order chi connectivity index (χ0) is 14.9. The highest BCUT2D eigenvalue weighted by atomic mass is 19.1. The summed E-state index contributed by atoms with van der Waals surface area (Å²) < 4.78 is 19.0. The van der Waals surface area contributed by atoms with Gasteiger partial charge in [0.1, 0.15) is 5.69 Å². The molecule has 0 aliphatic carbocycles. The number of halogens is 1. The van der Waals surface area contributed by atoms with Crippen LogP contribution in [0, 0.1) is 29.8 Å². The van der Waals surface area contributed by atoms with Gasteiger partial charge in [0.05, 0.1) is 4.92 Å². The lowest BCUT2D eigenvalue weighted by atomic mass is 10.2. The van der Waals surface area contributed by atoms with Gasteiger partial charge in [0.25, 0.3) is 0 Å². The summed E-state index contributed by atoms with van der Waals surface area (Å²) in [6.45, 7) is 2.95. The summed E-state index contributed by atoms with van der Waals surface area (Å²) in [7, 11) is 0. The van der Waals surface area contributed by atoms with E-state index < -0.39 is 16.4 Å². The van der Waals surface area contributed by atoms with Gasteiger partial charge in [-0.2, -0.15) is 4.98 Å². The number of nitro groups is 1. The van der Waals surface area contributed by atoms with E-state index in [4.69, 9.17) is 10.5 Å². The number of nitrogens with zero attached hydrogens (tertiary/aromatic N) is 3.